The van der Waals surface area contributed by atoms with E-state index in [9.17, 15) is 4.79 Å². The van der Waals surface area contributed by atoms with Gasteiger partial charge in [-0.25, -0.2) is 0 Å². The third kappa shape index (κ3) is 4.39. The van der Waals surface area contributed by atoms with Gasteiger partial charge in [0.05, 0.1) is 12.7 Å². The number of benzene rings is 3. The first kappa shape index (κ1) is 17.0. The van der Waals surface area contributed by atoms with Crippen LogP contribution in [-0.4, -0.2) is 13.0 Å². The van der Waals surface area contributed by atoms with Gasteiger partial charge in [0, 0.05) is 10.2 Å². The van der Waals surface area contributed by atoms with E-state index in [1.165, 1.54) is 7.11 Å². The van der Waals surface area contributed by atoms with Gasteiger partial charge in [0.15, 0.2) is 0 Å². The second-order valence-electron chi connectivity index (χ2n) is 5.24. The smallest absolute Gasteiger partial charge is 0.259 e. The molecule has 3 aromatic carbocycles. The number of carbonyl (C=O) groups is 1. The van der Waals surface area contributed by atoms with Gasteiger partial charge in [-0.3, -0.25) is 4.79 Å². The number of para-hydroxylation sites is 1. The predicted octanol–water partition coefficient (Wildman–Crippen LogP) is 5.50. The quantitative estimate of drug-likeness (QED) is 0.617. The van der Waals surface area contributed by atoms with Crippen LogP contribution in [0.15, 0.2) is 77.3 Å². The van der Waals surface area contributed by atoms with E-state index in [1.807, 2.05) is 36.4 Å². The molecule has 0 aromatic heterocycles. The summed E-state index contributed by atoms with van der Waals surface area (Å²) in [6.45, 7) is 0. The van der Waals surface area contributed by atoms with Gasteiger partial charge in [-0.2, -0.15) is 0 Å². The average molecular weight is 398 g/mol. The summed E-state index contributed by atoms with van der Waals surface area (Å²) >= 11 is 3.37. The molecule has 0 unspecified atom stereocenters. The Morgan fingerprint density at radius 3 is 2.28 bits per heavy atom. The predicted molar refractivity (Wildman–Crippen MR) is 102 cm³/mol. The maximum atomic E-state index is 12.5. The lowest BCUT2D eigenvalue weighted by Crippen LogP contribution is -2.13. The largest absolute Gasteiger partial charge is 0.496 e. The molecule has 0 saturated heterocycles. The molecular formula is C20H16BrNO3. The summed E-state index contributed by atoms with van der Waals surface area (Å²) in [5.74, 6) is 1.74. The molecule has 0 fully saturated rings. The summed E-state index contributed by atoms with van der Waals surface area (Å²) in [6.07, 6.45) is 0. The van der Waals surface area contributed by atoms with Gasteiger partial charge < -0.3 is 14.8 Å². The van der Waals surface area contributed by atoms with E-state index in [2.05, 4.69) is 21.2 Å². The van der Waals surface area contributed by atoms with E-state index in [0.29, 0.717) is 22.7 Å². The van der Waals surface area contributed by atoms with E-state index < -0.39 is 0 Å². The highest BCUT2D eigenvalue weighted by molar-refractivity contribution is 9.10. The van der Waals surface area contributed by atoms with Crippen molar-refractivity contribution < 1.29 is 14.3 Å². The molecule has 0 aliphatic heterocycles. The van der Waals surface area contributed by atoms with Gasteiger partial charge >= 0.3 is 0 Å². The Hall–Kier alpha value is -2.79. The number of hydrogen-bond acceptors (Lipinski definition) is 3. The van der Waals surface area contributed by atoms with Crippen LogP contribution in [0, 0.1) is 0 Å². The van der Waals surface area contributed by atoms with Crippen molar-refractivity contribution in [2.24, 2.45) is 0 Å². The monoisotopic (exact) mass is 397 g/mol. The highest BCUT2D eigenvalue weighted by atomic mass is 79.9. The molecule has 25 heavy (non-hydrogen) atoms. The van der Waals surface area contributed by atoms with Crippen molar-refractivity contribution in [3.8, 4) is 17.2 Å². The molecule has 5 heteroatoms. The molecule has 3 aromatic rings. The minimum absolute atomic E-state index is 0.241. The fourth-order valence-corrected chi connectivity index (χ4v) is 2.65. The van der Waals surface area contributed by atoms with E-state index in [-0.39, 0.29) is 5.91 Å². The van der Waals surface area contributed by atoms with E-state index >= 15 is 0 Å². The fraction of sp³-hybridized carbons (Fsp3) is 0.0500. The highest BCUT2D eigenvalue weighted by Crippen LogP contribution is 2.26. The topological polar surface area (TPSA) is 47.6 Å². The maximum absolute atomic E-state index is 12.5. The van der Waals surface area contributed by atoms with E-state index in [4.69, 9.17) is 9.47 Å². The summed E-state index contributed by atoms with van der Waals surface area (Å²) in [5.41, 5.74) is 1.13. The fourth-order valence-electron chi connectivity index (χ4n) is 2.29. The third-order valence-electron chi connectivity index (χ3n) is 3.50. The Morgan fingerprint density at radius 1 is 0.920 bits per heavy atom. The summed E-state index contributed by atoms with van der Waals surface area (Å²) in [4.78, 5) is 12.5. The van der Waals surface area contributed by atoms with Crippen LogP contribution in [0.1, 0.15) is 10.4 Å². The minimum atomic E-state index is -0.241. The SMILES string of the molecule is COc1ccc(Br)cc1C(=O)Nc1ccc(Oc2ccccc2)cc1. The van der Waals surface area contributed by atoms with Gasteiger partial charge in [-0.15, -0.1) is 0 Å². The van der Waals surface area contributed by atoms with E-state index in [0.717, 1.165) is 10.2 Å². The van der Waals surface area contributed by atoms with Gasteiger partial charge in [-0.05, 0) is 54.6 Å². The van der Waals surface area contributed by atoms with Crippen molar-refractivity contribution in [1.82, 2.24) is 0 Å². The Morgan fingerprint density at radius 2 is 1.60 bits per heavy atom. The number of halogens is 1. The first-order chi connectivity index (χ1) is 12.2. The Balaban J connectivity index is 1.71. The van der Waals surface area contributed by atoms with Crippen LogP contribution in [0.4, 0.5) is 5.69 Å². The van der Waals surface area contributed by atoms with Crippen molar-refractivity contribution in [2.45, 2.75) is 0 Å². The second-order valence-corrected chi connectivity index (χ2v) is 6.15. The average Bonchev–Trinajstić information content (AvgIpc) is 2.64. The number of amides is 1. The van der Waals surface area contributed by atoms with Gasteiger partial charge in [0.1, 0.15) is 17.2 Å². The molecule has 0 atom stereocenters. The standard InChI is InChI=1S/C20H16BrNO3/c1-24-19-12-7-14(21)13-18(19)20(23)22-15-8-10-17(11-9-15)25-16-5-3-2-4-6-16/h2-13H,1H3,(H,22,23). The summed E-state index contributed by atoms with van der Waals surface area (Å²) < 4.78 is 11.8. The Kier molecular flexibility index (Phi) is 5.36. The van der Waals surface area contributed by atoms with Gasteiger partial charge in [0.25, 0.3) is 5.91 Å². The van der Waals surface area contributed by atoms with Crippen molar-refractivity contribution in [1.29, 1.82) is 0 Å². The lowest BCUT2D eigenvalue weighted by Gasteiger charge is -2.11. The zero-order valence-corrected chi connectivity index (χ0v) is 15.1. The van der Waals surface area contributed by atoms with Gasteiger partial charge in [-0.1, -0.05) is 34.1 Å². The number of anilines is 1. The minimum Gasteiger partial charge on any atom is -0.496 e. The molecular weight excluding hydrogens is 382 g/mol. The first-order valence-electron chi connectivity index (χ1n) is 7.63. The zero-order valence-electron chi connectivity index (χ0n) is 13.5. The molecule has 126 valence electrons. The van der Waals surface area contributed by atoms with E-state index in [1.54, 1.807) is 36.4 Å². The van der Waals surface area contributed by atoms with Crippen LogP contribution < -0.4 is 14.8 Å². The highest BCUT2D eigenvalue weighted by Gasteiger charge is 2.13. The first-order valence-corrected chi connectivity index (χ1v) is 8.43. The Bertz CT molecular complexity index is 864. The number of hydrogen-bond donors (Lipinski definition) is 1. The van der Waals surface area contributed by atoms with Crippen LogP contribution in [0.3, 0.4) is 0 Å². The molecule has 0 bridgehead atoms. The molecule has 0 aliphatic carbocycles. The van der Waals surface area contributed by atoms with Crippen LogP contribution in [0.2, 0.25) is 0 Å². The summed E-state index contributed by atoms with van der Waals surface area (Å²) in [5, 5.41) is 2.86. The third-order valence-corrected chi connectivity index (χ3v) is 3.99. The number of methoxy groups -OCH3 is 1. The number of nitrogens with one attached hydrogen (secondary N) is 1. The molecule has 1 amide bonds. The zero-order chi connectivity index (χ0) is 17.6. The number of carbonyl (C=O) groups excluding carboxylic acids is 1. The number of rotatable bonds is 5. The second kappa shape index (κ2) is 7.85. The Labute approximate surface area is 154 Å². The lowest BCUT2D eigenvalue weighted by atomic mass is 10.2. The van der Waals surface area contributed by atoms with Crippen LogP contribution in [0.25, 0.3) is 0 Å². The van der Waals surface area contributed by atoms with Crippen molar-refractivity contribution >= 4 is 27.5 Å². The molecule has 4 nitrogen and oxygen atoms in total. The normalized spacial score (nSPS) is 10.2. The van der Waals surface area contributed by atoms with Crippen LogP contribution >= 0.6 is 15.9 Å². The van der Waals surface area contributed by atoms with Crippen molar-refractivity contribution in [2.75, 3.05) is 12.4 Å². The summed E-state index contributed by atoms with van der Waals surface area (Å²) in [6, 6.07) is 22.0. The molecule has 0 spiro atoms. The molecule has 1 N–H and O–H groups in total. The molecule has 0 aliphatic rings. The van der Waals surface area contributed by atoms with Gasteiger partial charge in [0.2, 0.25) is 0 Å². The van der Waals surface area contributed by atoms with Crippen LogP contribution in [0.5, 0.6) is 17.2 Å². The number of ether oxygens (including phenoxy) is 2. The summed E-state index contributed by atoms with van der Waals surface area (Å²) in [7, 11) is 1.54. The molecule has 0 saturated carbocycles. The van der Waals surface area contributed by atoms with Crippen LogP contribution in [-0.2, 0) is 0 Å². The lowest BCUT2D eigenvalue weighted by molar-refractivity contribution is 0.102. The maximum Gasteiger partial charge on any atom is 0.259 e. The van der Waals surface area contributed by atoms with Crippen molar-refractivity contribution in [3.63, 3.8) is 0 Å². The molecule has 3 rings (SSSR count). The molecule has 0 radical (unpaired) electrons. The molecule has 0 heterocycles. The van der Waals surface area contributed by atoms with Crippen molar-refractivity contribution in [3.05, 3.63) is 82.8 Å².